The Bertz CT molecular complexity index is 1030. The summed E-state index contributed by atoms with van der Waals surface area (Å²) in [6.07, 6.45) is -1.12. The number of esters is 1. The summed E-state index contributed by atoms with van der Waals surface area (Å²) in [5, 5.41) is 2.70. The van der Waals surface area contributed by atoms with Crippen molar-refractivity contribution in [3.8, 4) is 0 Å². The van der Waals surface area contributed by atoms with Gasteiger partial charge in [0.15, 0.2) is 6.10 Å². The molecule has 2 rings (SSSR count). The molecule has 0 radical (unpaired) electrons. The molecule has 0 fully saturated rings. The highest BCUT2D eigenvalue weighted by molar-refractivity contribution is 7.89. The van der Waals surface area contributed by atoms with Crippen molar-refractivity contribution < 1.29 is 22.7 Å². The number of anilines is 1. The zero-order valence-electron chi connectivity index (χ0n) is 17.5. The van der Waals surface area contributed by atoms with Crippen LogP contribution in [0.5, 0.6) is 0 Å². The number of hydrogen-bond donors (Lipinski definition) is 1. The van der Waals surface area contributed by atoms with Crippen molar-refractivity contribution in [2.75, 3.05) is 19.4 Å². The minimum absolute atomic E-state index is 0.0228. The fourth-order valence-electron chi connectivity index (χ4n) is 2.50. The van der Waals surface area contributed by atoms with E-state index in [1.54, 1.807) is 12.1 Å². The van der Waals surface area contributed by atoms with Crippen molar-refractivity contribution in [2.45, 2.75) is 37.7 Å². The molecule has 2 aromatic rings. The van der Waals surface area contributed by atoms with Gasteiger partial charge in [0.1, 0.15) is 0 Å². The smallest absolute Gasteiger partial charge is 0.340 e. The molecule has 2 aromatic carbocycles. The van der Waals surface area contributed by atoms with Crippen LogP contribution < -0.4 is 5.32 Å². The Morgan fingerprint density at radius 2 is 1.63 bits per heavy atom. The van der Waals surface area contributed by atoms with Crippen LogP contribution in [0.2, 0.25) is 5.02 Å². The van der Waals surface area contributed by atoms with Gasteiger partial charge in [0.2, 0.25) is 10.0 Å². The third kappa shape index (κ3) is 5.59. The Morgan fingerprint density at radius 1 is 1.03 bits per heavy atom. The Kier molecular flexibility index (Phi) is 7.63. The maximum atomic E-state index is 12.5. The monoisotopic (exact) mass is 452 g/mol. The molecule has 0 aromatic heterocycles. The molecule has 0 aliphatic carbocycles. The molecule has 30 heavy (non-hydrogen) atoms. The van der Waals surface area contributed by atoms with E-state index in [9.17, 15) is 18.0 Å². The van der Waals surface area contributed by atoms with E-state index >= 15 is 0 Å². The maximum absolute atomic E-state index is 12.5. The number of nitrogens with one attached hydrogen (secondary N) is 1. The number of sulfonamides is 1. The number of halogens is 1. The van der Waals surface area contributed by atoms with Gasteiger partial charge in [-0.2, -0.15) is 0 Å². The lowest BCUT2D eigenvalue weighted by molar-refractivity contribution is -0.123. The summed E-state index contributed by atoms with van der Waals surface area (Å²) in [6.45, 7) is 5.56. The van der Waals surface area contributed by atoms with Gasteiger partial charge in [-0.25, -0.2) is 17.5 Å². The molecule has 9 heteroatoms. The van der Waals surface area contributed by atoms with Crippen LogP contribution in [0.25, 0.3) is 0 Å². The van der Waals surface area contributed by atoms with E-state index in [4.69, 9.17) is 16.3 Å². The Labute approximate surface area is 182 Å². The third-order valence-electron chi connectivity index (χ3n) is 4.43. The van der Waals surface area contributed by atoms with Gasteiger partial charge in [0.25, 0.3) is 5.91 Å². The second kappa shape index (κ2) is 9.59. The molecule has 0 spiro atoms. The van der Waals surface area contributed by atoms with Crippen LogP contribution in [-0.4, -0.2) is 44.8 Å². The van der Waals surface area contributed by atoms with Gasteiger partial charge in [-0.3, -0.25) is 4.79 Å². The molecule has 1 unspecified atom stereocenters. The van der Waals surface area contributed by atoms with Crippen LogP contribution in [0.4, 0.5) is 5.69 Å². The van der Waals surface area contributed by atoms with Gasteiger partial charge in [-0.05, 0) is 48.7 Å². The van der Waals surface area contributed by atoms with Gasteiger partial charge in [-0.15, -0.1) is 0 Å². The fourth-order valence-corrected chi connectivity index (χ4v) is 3.63. The van der Waals surface area contributed by atoms with Crippen molar-refractivity contribution in [1.82, 2.24) is 4.31 Å². The second-order valence-electron chi connectivity index (χ2n) is 7.24. The number of carbonyl (C=O) groups is 2. The summed E-state index contributed by atoms with van der Waals surface area (Å²) in [4.78, 5) is 24.8. The lowest BCUT2D eigenvalue weighted by atomic mass is 10.0. The first-order chi connectivity index (χ1) is 13.9. The fraction of sp³-hybridized carbons (Fsp3) is 0.333. The van der Waals surface area contributed by atoms with Crippen molar-refractivity contribution in [2.24, 2.45) is 0 Å². The van der Waals surface area contributed by atoms with Crippen LogP contribution in [0.3, 0.4) is 0 Å². The van der Waals surface area contributed by atoms with E-state index < -0.39 is 28.0 Å². The highest BCUT2D eigenvalue weighted by Gasteiger charge is 2.24. The number of benzene rings is 2. The van der Waals surface area contributed by atoms with Crippen LogP contribution in [0.1, 0.15) is 42.6 Å². The van der Waals surface area contributed by atoms with Gasteiger partial charge >= 0.3 is 5.97 Å². The molecular formula is C21H25ClN2O5S. The molecule has 1 amide bonds. The highest BCUT2D eigenvalue weighted by atomic mass is 35.5. The molecule has 1 atom stereocenters. The molecular weight excluding hydrogens is 428 g/mol. The zero-order valence-corrected chi connectivity index (χ0v) is 19.0. The standard InChI is InChI=1S/C21H25ClN2O5S/c1-13(2)15-6-8-16(9-7-15)23-20(25)14(3)29-21(26)18-12-17(10-11-19(18)22)30(27,28)24(4)5/h6-14H,1-5H3,(H,23,25). The summed E-state index contributed by atoms with van der Waals surface area (Å²) in [6, 6.07) is 11.1. The van der Waals surface area contributed by atoms with Crippen molar-refractivity contribution in [3.63, 3.8) is 0 Å². The van der Waals surface area contributed by atoms with Crippen molar-refractivity contribution in [3.05, 3.63) is 58.6 Å². The minimum Gasteiger partial charge on any atom is -0.449 e. The molecule has 0 aliphatic heterocycles. The summed E-state index contributed by atoms with van der Waals surface area (Å²) in [5.74, 6) is -1.05. The van der Waals surface area contributed by atoms with E-state index in [1.807, 2.05) is 12.1 Å². The number of hydrogen-bond acceptors (Lipinski definition) is 5. The van der Waals surface area contributed by atoms with Crippen LogP contribution in [0.15, 0.2) is 47.4 Å². The summed E-state index contributed by atoms with van der Waals surface area (Å²) in [5.41, 5.74) is 1.57. The highest BCUT2D eigenvalue weighted by Crippen LogP contribution is 2.23. The van der Waals surface area contributed by atoms with Crippen molar-refractivity contribution >= 4 is 39.2 Å². The Morgan fingerprint density at radius 3 is 2.17 bits per heavy atom. The molecule has 0 aliphatic rings. The number of rotatable bonds is 7. The normalized spacial score (nSPS) is 12.7. The van der Waals surface area contributed by atoms with E-state index in [0.29, 0.717) is 11.6 Å². The molecule has 0 heterocycles. The Balaban J connectivity index is 2.12. The second-order valence-corrected chi connectivity index (χ2v) is 9.80. The lowest BCUT2D eigenvalue weighted by Gasteiger charge is -2.16. The first kappa shape index (κ1) is 23.9. The van der Waals surface area contributed by atoms with Crippen LogP contribution in [-0.2, 0) is 19.6 Å². The average molecular weight is 453 g/mol. The predicted octanol–water partition coefficient (Wildman–Crippen LogP) is 3.90. The summed E-state index contributed by atoms with van der Waals surface area (Å²) < 4.78 is 30.8. The minimum atomic E-state index is -3.76. The van der Waals surface area contributed by atoms with Gasteiger partial charge in [0.05, 0.1) is 15.5 Å². The summed E-state index contributed by atoms with van der Waals surface area (Å²) >= 11 is 6.04. The average Bonchev–Trinajstić information content (AvgIpc) is 2.68. The van der Waals surface area contributed by atoms with E-state index in [1.165, 1.54) is 33.2 Å². The zero-order chi connectivity index (χ0) is 22.6. The lowest BCUT2D eigenvalue weighted by Crippen LogP contribution is -2.30. The van der Waals surface area contributed by atoms with Gasteiger partial charge < -0.3 is 10.1 Å². The molecule has 0 bridgehead atoms. The summed E-state index contributed by atoms with van der Waals surface area (Å²) in [7, 11) is -1.00. The quantitative estimate of drug-likeness (QED) is 0.643. The topological polar surface area (TPSA) is 92.8 Å². The first-order valence-electron chi connectivity index (χ1n) is 9.27. The molecule has 162 valence electrons. The largest absolute Gasteiger partial charge is 0.449 e. The maximum Gasteiger partial charge on any atom is 0.340 e. The molecule has 7 nitrogen and oxygen atoms in total. The van der Waals surface area contributed by atoms with E-state index in [2.05, 4.69) is 19.2 Å². The number of amides is 1. The third-order valence-corrected chi connectivity index (χ3v) is 6.57. The Hall–Kier alpha value is -2.42. The molecule has 0 saturated heterocycles. The first-order valence-corrected chi connectivity index (χ1v) is 11.1. The van der Waals surface area contributed by atoms with Gasteiger partial charge in [0, 0.05) is 19.8 Å². The van der Waals surface area contributed by atoms with Crippen LogP contribution in [0, 0.1) is 0 Å². The molecule has 0 saturated carbocycles. The number of carbonyl (C=O) groups excluding carboxylic acids is 2. The van der Waals surface area contributed by atoms with E-state index in [-0.39, 0.29) is 15.5 Å². The predicted molar refractivity (Wildman–Crippen MR) is 116 cm³/mol. The van der Waals surface area contributed by atoms with Crippen molar-refractivity contribution in [1.29, 1.82) is 0 Å². The van der Waals surface area contributed by atoms with Crippen LogP contribution >= 0.6 is 11.6 Å². The number of nitrogens with zero attached hydrogens (tertiary/aromatic N) is 1. The number of ether oxygens (including phenoxy) is 1. The SMILES string of the molecule is CC(OC(=O)c1cc(S(=O)(=O)N(C)C)ccc1Cl)C(=O)Nc1ccc(C(C)C)cc1. The molecule has 1 N–H and O–H groups in total. The van der Waals surface area contributed by atoms with E-state index in [0.717, 1.165) is 15.9 Å². The van der Waals surface area contributed by atoms with Gasteiger partial charge in [-0.1, -0.05) is 37.6 Å².